The first kappa shape index (κ1) is 6.68. The molecule has 0 rings (SSSR count). The molecule has 0 aromatic carbocycles. The lowest BCUT2D eigenvalue weighted by molar-refractivity contribution is 0.564. The molecule has 8 heavy (non-hydrogen) atoms. The highest BCUT2D eigenvalue weighted by atomic mass is 16.1. The number of rotatable bonds is 2. The maximum Gasteiger partial charge on any atom is 0.235 e. The van der Waals surface area contributed by atoms with Crippen LogP contribution in [0, 0.1) is 12.3 Å². The van der Waals surface area contributed by atoms with Crippen molar-refractivity contribution in [2.24, 2.45) is 4.99 Å². The number of aliphatic imine (C=N–C) groups is 1. The standard InChI is InChI=1S/C6H5NO/c1-2-3-4-5-7-6-8/h1,3-4H,5H2/b4-3+. The topological polar surface area (TPSA) is 29.4 Å². The quantitative estimate of drug-likeness (QED) is 0.287. The first-order valence-electron chi connectivity index (χ1n) is 2.06. The minimum Gasteiger partial charge on any atom is -0.211 e. The third-order valence-electron chi connectivity index (χ3n) is 0.475. The Morgan fingerprint density at radius 1 is 1.75 bits per heavy atom. The fourth-order valence-electron chi connectivity index (χ4n) is 0.211. The van der Waals surface area contributed by atoms with Gasteiger partial charge in [-0.3, -0.25) is 0 Å². The summed E-state index contributed by atoms with van der Waals surface area (Å²) in [4.78, 5) is 12.6. The summed E-state index contributed by atoms with van der Waals surface area (Å²) in [6.07, 6.45) is 9.30. The van der Waals surface area contributed by atoms with E-state index in [1.165, 1.54) is 12.2 Å². The summed E-state index contributed by atoms with van der Waals surface area (Å²) in [5.41, 5.74) is 0. The molecule has 0 unspecified atom stereocenters. The van der Waals surface area contributed by atoms with Crippen LogP contribution in [0.2, 0.25) is 0 Å². The maximum absolute atomic E-state index is 9.39. The maximum atomic E-state index is 9.39. The Bertz CT molecular complexity index is 158. The zero-order valence-corrected chi connectivity index (χ0v) is 4.29. The zero-order chi connectivity index (χ0) is 6.24. The number of terminal acetylenes is 1. The van der Waals surface area contributed by atoms with E-state index >= 15 is 0 Å². The lowest BCUT2D eigenvalue weighted by Crippen LogP contribution is -1.66. The summed E-state index contributed by atoms with van der Waals surface area (Å²) >= 11 is 0. The van der Waals surface area contributed by atoms with E-state index in [-0.39, 0.29) is 0 Å². The van der Waals surface area contributed by atoms with Crippen molar-refractivity contribution >= 4 is 6.08 Å². The van der Waals surface area contributed by atoms with Crippen molar-refractivity contribution in [1.29, 1.82) is 0 Å². The molecule has 0 N–H and O–H groups in total. The lowest BCUT2D eigenvalue weighted by atomic mass is 10.5. The predicted octanol–water partition coefficient (Wildman–Crippen LogP) is 0.512. The van der Waals surface area contributed by atoms with Gasteiger partial charge in [-0.05, 0) is 6.08 Å². The first-order valence-corrected chi connectivity index (χ1v) is 2.06. The molecule has 2 nitrogen and oxygen atoms in total. The highest BCUT2D eigenvalue weighted by molar-refractivity contribution is 5.33. The van der Waals surface area contributed by atoms with E-state index in [1.807, 2.05) is 0 Å². The Hall–Kier alpha value is -1.32. The third kappa shape index (κ3) is 4.68. The van der Waals surface area contributed by atoms with Crippen LogP contribution >= 0.6 is 0 Å². The molecule has 0 saturated heterocycles. The number of allylic oxidation sites excluding steroid dienone is 1. The molecule has 0 radical (unpaired) electrons. The van der Waals surface area contributed by atoms with E-state index in [0.717, 1.165) is 0 Å². The van der Waals surface area contributed by atoms with Crippen LogP contribution in [0.25, 0.3) is 0 Å². The van der Waals surface area contributed by atoms with Crippen molar-refractivity contribution in [3.05, 3.63) is 12.2 Å². The largest absolute Gasteiger partial charge is 0.235 e. The summed E-state index contributed by atoms with van der Waals surface area (Å²) in [5, 5.41) is 0. The van der Waals surface area contributed by atoms with Crippen molar-refractivity contribution in [2.45, 2.75) is 0 Å². The molecular weight excluding hydrogens is 102 g/mol. The van der Waals surface area contributed by atoms with Crippen LogP contribution in [0.3, 0.4) is 0 Å². The number of hydrogen-bond acceptors (Lipinski definition) is 2. The van der Waals surface area contributed by atoms with Crippen molar-refractivity contribution in [3.8, 4) is 12.3 Å². The summed E-state index contributed by atoms with van der Waals surface area (Å²) in [6, 6.07) is 0. The number of nitrogens with zero attached hydrogens (tertiary/aromatic N) is 1. The van der Waals surface area contributed by atoms with E-state index in [4.69, 9.17) is 6.42 Å². The average Bonchev–Trinajstić information content (AvgIpc) is 1.81. The molecule has 0 bridgehead atoms. The van der Waals surface area contributed by atoms with Gasteiger partial charge in [-0.15, -0.1) is 6.42 Å². The molecule has 0 aromatic rings. The molecule has 0 aromatic heterocycles. The van der Waals surface area contributed by atoms with Crippen LogP contribution in [0.1, 0.15) is 0 Å². The van der Waals surface area contributed by atoms with Crippen LogP contribution in [-0.4, -0.2) is 12.6 Å². The lowest BCUT2D eigenvalue weighted by Gasteiger charge is -1.69. The minimum atomic E-state index is 0.327. The Morgan fingerprint density at radius 3 is 3.00 bits per heavy atom. The van der Waals surface area contributed by atoms with E-state index in [1.54, 1.807) is 6.08 Å². The molecule has 0 saturated carbocycles. The fourth-order valence-corrected chi connectivity index (χ4v) is 0.211. The van der Waals surface area contributed by atoms with Gasteiger partial charge < -0.3 is 0 Å². The average molecular weight is 107 g/mol. The van der Waals surface area contributed by atoms with Gasteiger partial charge in [0.25, 0.3) is 0 Å². The number of isocyanates is 1. The van der Waals surface area contributed by atoms with Crippen LogP contribution < -0.4 is 0 Å². The highest BCUT2D eigenvalue weighted by Crippen LogP contribution is 1.69. The molecule has 2 heteroatoms. The Balaban J connectivity index is 3.33. The number of hydrogen-bond donors (Lipinski definition) is 0. The Labute approximate surface area is 47.9 Å². The third-order valence-corrected chi connectivity index (χ3v) is 0.475. The molecule has 0 amide bonds. The molecule has 0 spiro atoms. The smallest absolute Gasteiger partial charge is 0.211 e. The van der Waals surface area contributed by atoms with Gasteiger partial charge in [0.05, 0.1) is 6.54 Å². The van der Waals surface area contributed by atoms with Crippen LogP contribution in [0.5, 0.6) is 0 Å². The monoisotopic (exact) mass is 107 g/mol. The predicted molar refractivity (Wildman–Crippen MR) is 31.0 cm³/mol. The van der Waals surface area contributed by atoms with Crippen molar-refractivity contribution < 1.29 is 4.79 Å². The SMILES string of the molecule is C#C/C=C/CN=C=O. The van der Waals surface area contributed by atoms with Gasteiger partial charge in [0.15, 0.2) is 0 Å². The van der Waals surface area contributed by atoms with E-state index in [0.29, 0.717) is 6.54 Å². The highest BCUT2D eigenvalue weighted by Gasteiger charge is 1.64. The molecule has 0 heterocycles. The Kier molecular flexibility index (Phi) is 4.74. The molecule has 0 atom stereocenters. The van der Waals surface area contributed by atoms with E-state index < -0.39 is 0 Å². The van der Waals surface area contributed by atoms with Crippen molar-refractivity contribution in [1.82, 2.24) is 0 Å². The minimum absolute atomic E-state index is 0.327. The molecule has 0 aliphatic heterocycles. The summed E-state index contributed by atoms with van der Waals surface area (Å²) in [7, 11) is 0. The van der Waals surface area contributed by atoms with Crippen LogP contribution in [-0.2, 0) is 4.79 Å². The van der Waals surface area contributed by atoms with Gasteiger partial charge in [-0.25, -0.2) is 9.79 Å². The molecule has 0 aliphatic rings. The van der Waals surface area contributed by atoms with Gasteiger partial charge in [-0.2, -0.15) is 0 Å². The second-order valence-electron chi connectivity index (χ2n) is 1.00. The fraction of sp³-hybridized carbons (Fsp3) is 0.167. The van der Waals surface area contributed by atoms with Crippen molar-refractivity contribution in [3.63, 3.8) is 0 Å². The van der Waals surface area contributed by atoms with Gasteiger partial charge in [0, 0.05) is 0 Å². The second kappa shape index (κ2) is 5.68. The number of carbonyl (C=O) groups excluding carboxylic acids is 1. The normalized spacial score (nSPS) is 7.88. The summed E-state index contributed by atoms with van der Waals surface area (Å²) in [6.45, 7) is 0.327. The van der Waals surface area contributed by atoms with Gasteiger partial charge in [0.1, 0.15) is 0 Å². The van der Waals surface area contributed by atoms with Crippen molar-refractivity contribution in [2.75, 3.05) is 6.54 Å². The molecule has 0 fully saturated rings. The zero-order valence-electron chi connectivity index (χ0n) is 4.29. The first-order chi connectivity index (χ1) is 3.91. The molecular formula is C6H5NO. The summed E-state index contributed by atoms with van der Waals surface area (Å²) < 4.78 is 0. The van der Waals surface area contributed by atoms with Crippen LogP contribution in [0.4, 0.5) is 0 Å². The van der Waals surface area contributed by atoms with Gasteiger partial charge >= 0.3 is 0 Å². The van der Waals surface area contributed by atoms with Gasteiger partial charge in [0.2, 0.25) is 6.08 Å². The van der Waals surface area contributed by atoms with E-state index in [9.17, 15) is 4.79 Å². The van der Waals surface area contributed by atoms with Crippen LogP contribution in [0.15, 0.2) is 17.1 Å². The Morgan fingerprint density at radius 2 is 2.50 bits per heavy atom. The summed E-state index contributed by atoms with van der Waals surface area (Å²) in [5.74, 6) is 2.26. The second-order valence-corrected chi connectivity index (χ2v) is 1.00. The van der Waals surface area contributed by atoms with E-state index in [2.05, 4.69) is 10.9 Å². The molecule has 0 aliphatic carbocycles. The molecule has 40 valence electrons. The van der Waals surface area contributed by atoms with Gasteiger partial charge in [-0.1, -0.05) is 12.0 Å².